The number of hydrogen-bond acceptors (Lipinski definition) is 6. The van der Waals surface area contributed by atoms with E-state index in [1.165, 1.54) is 42.3 Å². The number of aromatic nitrogens is 1. The molecule has 0 saturated carbocycles. The van der Waals surface area contributed by atoms with Crippen LogP contribution < -0.4 is 24.8 Å². The molecule has 3 aromatic carbocycles. The van der Waals surface area contributed by atoms with Gasteiger partial charge in [-0.25, -0.2) is 14.6 Å². The van der Waals surface area contributed by atoms with Crippen molar-refractivity contribution in [1.82, 2.24) is 4.98 Å². The first kappa shape index (κ1) is 30.6. The van der Waals surface area contributed by atoms with E-state index in [0.717, 1.165) is 18.8 Å². The van der Waals surface area contributed by atoms with Gasteiger partial charge in [0.15, 0.2) is 0 Å². The Morgan fingerprint density at radius 1 is 0.767 bits per heavy atom. The highest BCUT2D eigenvalue weighted by Gasteiger charge is 2.15. The van der Waals surface area contributed by atoms with Gasteiger partial charge < -0.3 is 20.1 Å². The summed E-state index contributed by atoms with van der Waals surface area (Å²) in [6.07, 6.45) is 3.68. The Labute approximate surface area is 251 Å². The lowest BCUT2D eigenvalue weighted by atomic mass is 10.1. The maximum absolute atomic E-state index is 12.6. The number of anilines is 4. The van der Waals surface area contributed by atoms with Gasteiger partial charge in [-0.05, 0) is 73.9 Å². The quantitative estimate of drug-likeness (QED) is 0.258. The van der Waals surface area contributed by atoms with Gasteiger partial charge >= 0.3 is 12.2 Å². The van der Waals surface area contributed by atoms with E-state index in [1.807, 2.05) is 60.7 Å². The molecule has 1 aromatic heterocycles. The normalized spacial score (nSPS) is 12.3. The fraction of sp³-hybridized carbons (Fsp3) is 0.212. The van der Waals surface area contributed by atoms with Crippen LogP contribution in [0.25, 0.3) is 0 Å². The van der Waals surface area contributed by atoms with Crippen molar-refractivity contribution in [1.29, 1.82) is 0 Å². The summed E-state index contributed by atoms with van der Waals surface area (Å²) in [4.78, 5) is 44.3. The predicted octanol–water partition coefficient (Wildman–Crippen LogP) is 6.76. The van der Waals surface area contributed by atoms with Crippen LogP contribution in [0.5, 0.6) is 5.88 Å². The fourth-order valence-electron chi connectivity index (χ4n) is 4.37. The van der Waals surface area contributed by atoms with E-state index in [-0.39, 0.29) is 11.8 Å². The molecule has 0 bridgehead atoms. The molecule has 2 N–H and O–H groups in total. The van der Waals surface area contributed by atoms with Crippen LogP contribution in [0.1, 0.15) is 29.6 Å². The minimum absolute atomic E-state index is 0.154. The number of piperidine rings is 1. The standard InChI is InChI=1S/C25H26N4O3.C8H9NO2/c1-28(21-8-4-2-5-9-21)25(31)32-23-15-12-20(18-26-23)27-24(30)19-10-13-22(14-11-19)29-16-6-3-7-17-29;1-9(8(10)11)7-5-3-2-4-6-7/h2,4-5,8-15,18H,3,6-7,16-17H2,1H3,(H,27,30);2-6H,1H3,(H,10,11). The van der Waals surface area contributed by atoms with Gasteiger partial charge in [0.05, 0.1) is 11.9 Å². The number of pyridine rings is 1. The first-order valence-electron chi connectivity index (χ1n) is 14.0. The highest BCUT2D eigenvalue weighted by atomic mass is 16.6. The van der Waals surface area contributed by atoms with Crippen molar-refractivity contribution < 1.29 is 24.2 Å². The molecule has 0 radical (unpaired) electrons. The summed E-state index contributed by atoms with van der Waals surface area (Å²) in [7, 11) is 3.14. The number of hydrogen-bond donors (Lipinski definition) is 2. The van der Waals surface area contributed by atoms with E-state index < -0.39 is 12.2 Å². The molecule has 1 aliphatic heterocycles. The Morgan fingerprint density at radius 2 is 1.35 bits per heavy atom. The van der Waals surface area contributed by atoms with E-state index in [0.29, 0.717) is 22.6 Å². The largest absolute Gasteiger partial charge is 0.465 e. The summed E-state index contributed by atoms with van der Waals surface area (Å²) in [5.74, 6) is -0.0628. The zero-order chi connectivity index (χ0) is 30.6. The summed E-state index contributed by atoms with van der Waals surface area (Å²) in [6, 6.07) is 29.0. The number of benzene rings is 3. The SMILES string of the molecule is CN(C(=O)O)c1ccccc1.CN(C(=O)Oc1ccc(NC(=O)c2ccc(N3CCCCC3)cc2)cn1)c1ccccc1. The second-order valence-electron chi connectivity index (χ2n) is 9.87. The Hall–Kier alpha value is -5.38. The van der Waals surface area contributed by atoms with E-state index in [4.69, 9.17) is 9.84 Å². The van der Waals surface area contributed by atoms with Crippen LogP contribution in [0, 0.1) is 0 Å². The number of nitrogens with one attached hydrogen (secondary N) is 1. The van der Waals surface area contributed by atoms with Gasteiger partial charge in [-0.1, -0.05) is 36.4 Å². The molecule has 5 rings (SSSR count). The molecular formula is C33H35N5O5. The Bertz CT molecular complexity index is 1480. The van der Waals surface area contributed by atoms with Gasteiger partial charge in [-0.2, -0.15) is 0 Å². The molecule has 1 aliphatic rings. The fourth-order valence-corrected chi connectivity index (χ4v) is 4.37. The van der Waals surface area contributed by atoms with Gasteiger partial charge in [-0.15, -0.1) is 0 Å². The van der Waals surface area contributed by atoms with Crippen LogP contribution in [0.15, 0.2) is 103 Å². The highest BCUT2D eigenvalue weighted by Crippen LogP contribution is 2.21. The second-order valence-corrected chi connectivity index (χ2v) is 9.87. The monoisotopic (exact) mass is 581 g/mol. The minimum atomic E-state index is -0.948. The highest BCUT2D eigenvalue weighted by molar-refractivity contribution is 6.04. The van der Waals surface area contributed by atoms with Crippen LogP contribution in [-0.4, -0.2) is 55.4 Å². The number of carbonyl (C=O) groups excluding carboxylic acids is 2. The number of rotatable bonds is 6. The Morgan fingerprint density at radius 3 is 1.88 bits per heavy atom. The molecular weight excluding hydrogens is 546 g/mol. The van der Waals surface area contributed by atoms with E-state index in [2.05, 4.69) is 15.2 Å². The summed E-state index contributed by atoms with van der Waals surface area (Å²) in [6.45, 7) is 2.13. The molecule has 10 heteroatoms. The van der Waals surface area contributed by atoms with Crippen molar-refractivity contribution in [3.8, 4) is 5.88 Å². The third-order valence-electron chi connectivity index (χ3n) is 6.88. The van der Waals surface area contributed by atoms with Crippen molar-refractivity contribution in [2.24, 2.45) is 0 Å². The second kappa shape index (κ2) is 15.0. The number of ether oxygens (including phenoxy) is 1. The molecule has 10 nitrogen and oxygen atoms in total. The number of carbonyl (C=O) groups is 3. The molecule has 222 valence electrons. The van der Waals surface area contributed by atoms with Gasteiger partial charge in [0.1, 0.15) is 0 Å². The smallest absolute Gasteiger partial charge is 0.420 e. The van der Waals surface area contributed by atoms with Crippen LogP contribution >= 0.6 is 0 Å². The van der Waals surface area contributed by atoms with Crippen LogP contribution in [0.4, 0.5) is 32.3 Å². The van der Waals surface area contributed by atoms with Gasteiger partial charge in [0.25, 0.3) is 5.91 Å². The Kier molecular flexibility index (Phi) is 10.7. The summed E-state index contributed by atoms with van der Waals surface area (Å²) < 4.78 is 5.30. The molecule has 1 fully saturated rings. The third kappa shape index (κ3) is 8.80. The minimum Gasteiger partial charge on any atom is -0.465 e. The topological polar surface area (TPSA) is 115 Å². The molecule has 1 saturated heterocycles. The van der Waals surface area contributed by atoms with Gasteiger partial charge in [0.2, 0.25) is 5.88 Å². The Balaban J connectivity index is 0.000000324. The lowest BCUT2D eigenvalue weighted by Gasteiger charge is -2.28. The molecule has 2 heterocycles. The van der Waals surface area contributed by atoms with Crippen LogP contribution in [0.3, 0.4) is 0 Å². The number of amides is 3. The lowest BCUT2D eigenvalue weighted by Crippen LogP contribution is -2.29. The number of carboxylic acid groups (broad SMARTS) is 1. The first-order chi connectivity index (χ1) is 20.8. The molecule has 4 aromatic rings. The number of nitrogens with zero attached hydrogens (tertiary/aromatic N) is 4. The van der Waals surface area contributed by atoms with Gasteiger partial charge in [0, 0.05) is 55.9 Å². The van der Waals surface area contributed by atoms with E-state index >= 15 is 0 Å². The molecule has 0 spiro atoms. The van der Waals surface area contributed by atoms with Crippen molar-refractivity contribution in [3.63, 3.8) is 0 Å². The van der Waals surface area contributed by atoms with E-state index in [1.54, 1.807) is 43.4 Å². The van der Waals surface area contributed by atoms with Gasteiger partial charge in [-0.3, -0.25) is 14.6 Å². The molecule has 0 unspecified atom stereocenters. The summed E-state index contributed by atoms with van der Waals surface area (Å²) >= 11 is 0. The maximum Gasteiger partial charge on any atom is 0.420 e. The lowest BCUT2D eigenvalue weighted by molar-refractivity contribution is 0.102. The third-order valence-corrected chi connectivity index (χ3v) is 6.88. The average molecular weight is 582 g/mol. The average Bonchev–Trinajstić information content (AvgIpc) is 3.06. The predicted molar refractivity (Wildman–Crippen MR) is 168 cm³/mol. The maximum atomic E-state index is 12.6. The van der Waals surface area contributed by atoms with Crippen molar-refractivity contribution in [3.05, 3.63) is 109 Å². The molecule has 3 amide bonds. The van der Waals surface area contributed by atoms with E-state index in [9.17, 15) is 14.4 Å². The van der Waals surface area contributed by atoms with Crippen LogP contribution in [0.2, 0.25) is 0 Å². The zero-order valence-corrected chi connectivity index (χ0v) is 24.2. The summed E-state index contributed by atoms with van der Waals surface area (Å²) in [5, 5.41) is 11.4. The van der Waals surface area contributed by atoms with Crippen molar-refractivity contribution in [2.75, 3.05) is 47.2 Å². The molecule has 0 aliphatic carbocycles. The van der Waals surface area contributed by atoms with Crippen molar-refractivity contribution >= 4 is 40.8 Å². The summed E-state index contributed by atoms with van der Waals surface area (Å²) in [5.41, 5.74) is 3.64. The number of para-hydroxylation sites is 2. The molecule has 0 atom stereocenters. The first-order valence-corrected chi connectivity index (χ1v) is 14.0. The van der Waals surface area contributed by atoms with Crippen LogP contribution in [-0.2, 0) is 0 Å². The molecule has 43 heavy (non-hydrogen) atoms. The zero-order valence-electron chi connectivity index (χ0n) is 24.2. The van der Waals surface area contributed by atoms with Crippen molar-refractivity contribution in [2.45, 2.75) is 19.3 Å².